The maximum absolute atomic E-state index is 13.1. The maximum Gasteiger partial charge on any atom is 0.320 e. The van der Waals surface area contributed by atoms with E-state index in [0.29, 0.717) is 105 Å². The summed E-state index contributed by atoms with van der Waals surface area (Å²) in [5.41, 5.74) is 4.69. The van der Waals surface area contributed by atoms with Crippen LogP contribution in [0.1, 0.15) is 54.2 Å². The molecule has 8 rings (SSSR count). The van der Waals surface area contributed by atoms with E-state index in [1.165, 1.54) is 0 Å². The second kappa shape index (κ2) is 44.9. The van der Waals surface area contributed by atoms with Gasteiger partial charge in [0.25, 0.3) is 0 Å². The summed E-state index contributed by atoms with van der Waals surface area (Å²) in [6, 6.07) is 56.8. The number of hydrogen-bond donors (Lipinski definition) is 1. The molecule has 24 nitrogen and oxygen atoms in total. The van der Waals surface area contributed by atoms with E-state index < -0.39 is 23.5 Å². The van der Waals surface area contributed by atoms with E-state index >= 15 is 0 Å². The summed E-state index contributed by atoms with van der Waals surface area (Å²) in [5, 5.41) is 9.60. The molecule has 548 valence electrons. The summed E-state index contributed by atoms with van der Waals surface area (Å²) in [6.45, 7) is 13.4. The third-order valence-corrected chi connectivity index (χ3v) is 16.6. The zero-order chi connectivity index (χ0) is 72.6. The summed E-state index contributed by atoms with van der Waals surface area (Å²) < 4.78 is 39.1. The first kappa shape index (κ1) is 80.1. The van der Waals surface area contributed by atoms with Gasteiger partial charge in [-0.2, -0.15) is 0 Å². The van der Waals surface area contributed by atoms with Crippen molar-refractivity contribution >= 4 is 47.8 Å². The van der Waals surface area contributed by atoms with Crippen LogP contribution in [0.15, 0.2) is 182 Å². The molecule has 6 aromatic rings. The number of hydrogen-bond acceptors (Lipinski definition) is 23. The van der Waals surface area contributed by atoms with Crippen molar-refractivity contribution in [2.45, 2.75) is 66.0 Å². The summed E-state index contributed by atoms with van der Waals surface area (Å²) in [5.74, 6) is -3.59. The monoisotopic (exact) mass is 1400 g/mol. The van der Waals surface area contributed by atoms with Gasteiger partial charge in [-0.1, -0.05) is 182 Å². The first-order valence-electron chi connectivity index (χ1n) is 34.7. The highest BCUT2D eigenvalue weighted by molar-refractivity contribution is 5.74. The highest BCUT2D eigenvalue weighted by Crippen LogP contribution is 2.13. The van der Waals surface area contributed by atoms with Crippen molar-refractivity contribution in [3.8, 4) is 0 Å². The van der Waals surface area contributed by atoms with Gasteiger partial charge in [-0.3, -0.25) is 77.6 Å². The lowest BCUT2D eigenvalue weighted by atomic mass is 10.2. The Labute approximate surface area is 599 Å². The lowest BCUT2D eigenvalue weighted by Gasteiger charge is -2.33. The molecule has 0 unspecified atom stereocenters. The number of nitrogens with zero attached hydrogens (tertiary/aromatic N) is 8. The van der Waals surface area contributed by atoms with Crippen LogP contribution in [0.3, 0.4) is 0 Å². The Morgan fingerprint density at radius 3 is 0.549 bits per heavy atom. The fourth-order valence-corrected chi connectivity index (χ4v) is 11.0. The molecule has 2 heterocycles. The molecule has 0 saturated carbocycles. The van der Waals surface area contributed by atoms with Crippen LogP contribution in [0.25, 0.3) is 0 Å². The zero-order valence-corrected chi connectivity index (χ0v) is 59.2. The van der Waals surface area contributed by atoms with Gasteiger partial charge in [-0.15, -0.1) is 0 Å². The van der Waals surface area contributed by atoms with E-state index in [1.54, 1.807) is 4.90 Å². The number of carbonyl (C=O) groups is 8. The number of carboxylic acid groups (broad SMARTS) is 1. The van der Waals surface area contributed by atoms with Crippen molar-refractivity contribution in [3.63, 3.8) is 0 Å². The second-order valence-corrected chi connectivity index (χ2v) is 26.1. The Hall–Kier alpha value is -9.24. The van der Waals surface area contributed by atoms with Crippen LogP contribution in [0.5, 0.6) is 0 Å². The zero-order valence-electron chi connectivity index (χ0n) is 59.2. The van der Waals surface area contributed by atoms with Crippen LogP contribution in [0.4, 0.5) is 0 Å². The molecule has 2 aliphatic rings. The lowest BCUT2D eigenvalue weighted by molar-refractivity contribution is -0.157. The molecule has 24 heteroatoms. The Balaban J connectivity index is 0.000000287. The minimum atomic E-state index is -0.963. The maximum atomic E-state index is 13.1. The average molecular weight is 1410 g/mol. The van der Waals surface area contributed by atoms with Gasteiger partial charge in [0.15, 0.2) is 0 Å². The molecule has 1 N–H and O–H groups in total. The molecule has 2 saturated heterocycles. The Bertz CT molecular complexity index is 3300. The normalized spacial score (nSPS) is 15.8. The molecular weight excluding hydrogens is 1300 g/mol. The molecule has 2 fully saturated rings. The molecule has 0 spiro atoms. The first-order chi connectivity index (χ1) is 49.3. The summed E-state index contributed by atoms with van der Waals surface area (Å²) in [7, 11) is 0. The molecule has 102 heavy (non-hydrogen) atoms. The van der Waals surface area contributed by atoms with E-state index in [1.807, 2.05) is 237 Å². The first-order valence-corrected chi connectivity index (χ1v) is 34.7. The van der Waals surface area contributed by atoms with Crippen molar-refractivity contribution < 1.29 is 76.6 Å². The SMILES string of the molecule is CC(C)(C)OC(=O)CN1CCN(CC(=O)OCc2ccccc2)CCN(CC(=O)OCc2ccccc2)CCN(CC(=O)OCc2ccccc2)CC1.O=C(O)CN1CCN(CC(=O)OCc2ccccc2)CCN(CC(=O)OCc2ccccc2)CCN(CC(=O)OCc2ccccc2)CC1. The van der Waals surface area contributed by atoms with Gasteiger partial charge >= 0.3 is 47.8 Å². The smallest absolute Gasteiger partial charge is 0.320 e. The highest BCUT2D eigenvalue weighted by Gasteiger charge is 2.27. The highest BCUT2D eigenvalue weighted by atomic mass is 16.6. The van der Waals surface area contributed by atoms with Gasteiger partial charge < -0.3 is 38.3 Å². The Morgan fingerprint density at radius 1 is 0.255 bits per heavy atom. The molecule has 0 bridgehead atoms. The van der Waals surface area contributed by atoms with Crippen molar-refractivity contribution in [2.24, 2.45) is 0 Å². The number of aliphatic carboxylic acids is 1. The van der Waals surface area contributed by atoms with Crippen LogP contribution < -0.4 is 0 Å². The standard InChI is InChI=1S/C41H54N4O8.C37H46N4O8/c1-41(2,3)53-40(49)30-45-25-23-43(28-38(47)51-32-35-15-9-5-10-16-35)21-19-42(27-37(46)50-31-34-13-7-4-8-14-34)20-22-44(24-26-45)29-39(48)52-33-36-17-11-6-12-18-36;42-34(43)24-38-16-18-39(25-35(44)47-28-31-10-4-1-5-11-31)20-22-41(27-37(46)49-30-33-14-8-3-9-15-33)23-21-40(19-17-38)26-36(45)48-29-32-12-6-2-7-13-32/h4-18H,19-33H2,1-3H3;1-15H,16-30H2,(H,42,43). The topological polar surface area (TPSA) is 247 Å². The minimum absolute atomic E-state index is 0.0133. The third-order valence-electron chi connectivity index (χ3n) is 16.6. The van der Waals surface area contributed by atoms with Crippen LogP contribution in [0.2, 0.25) is 0 Å². The van der Waals surface area contributed by atoms with Gasteiger partial charge in [0, 0.05) is 105 Å². The number of carboxylic acids is 1. The van der Waals surface area contributed by atoms with Gasteiger partial charge in [-0.25, -0.2) is 0 Å². The summed E-state index contributed by atoms with van der Waals surface area (Å²) >= 11 is 0. The number of carbonyl (C=O) groups excluding carboxylic acids is 7. The quantitative estimate of drug-likeness (QED) is 0.0418. The average Bonchev–Trinajstić information content (AvgIpc) is 1.01. The van der Waals surface area contributed by atoms with Crippen molar-refractivity contribution in [3.05, 3.63) is 215 Å². The van der Waals surface area contributed by atoms with Gasteiger partial charge in [0.05, 0.1) is 52.4 Å². The molecule has 0 aliphatic carbocycles. The Morgan fingerprint density at radius 2 is 0.402 bits per heavy atom. The molecular formula is C78H100N8O16. The lowest BCUT2D eigenvalue weighted by Crippen LogP contribution is -2.49. The second-order valence-electron chi connectivity index (χ2n) is 26.1. The number of benzene rings is 6. The molecule has 6 aromatic carbocycles. The number of esters is 7. The molecule has 0 radical (unpaired) electrons. The van der Waals surface area contributed by atoms with E-state index in [0.717, 1.165) is 33.4 Å². The third kappa shape index (κ3) is 34.4. The number of rotatable bonds is 28. The van der Waals surface area contributed by atoms with Gasteiger partial charge in [0.1, 0.15) is 45.2 Å². The summed E-state index contributed by atoms with van der Waals surface area (Å²) in [4.78, 5) is 118. The predicted molar refractivity (Wildman–Crippen MR) is 382 cm³/mol. The van der Waals surface area contributed by atoms with E-state index in [2.05, 4.69) is 0 Å². The van der Waals surface area contributed by atoms with Crippen molar-refractivity contribution in [2.75, 3.05) is 157 Å². The molecule has 0 amide bonds. The molecule has 0 atom stereocenters. The van der Waals surface area contributed by atoms with Gasteiger partial charge in [0.2, 0.25) is 0 Å². The van der Waals surface area contributed by atoms with E-state index in [-0.39, 0.29) is 122 Å². The fraction of sp³-hybridized carbons (Fsp3) is 0.436. The predicted octanol–water partition coefficient (Wildman–Crippen LogP) is 6.30. The molecule has 0 aromatic heterocycles. The van der Waals surface area contributed by atoms with Crippen LogP contribution in [0, 0.1) is 0 Å². The van der Waals surface area contributed by atoms with Crippen LogP contribution >= 0.6 is 0 Å². The fourth-order valence-electron chi connectivity index (χ4n) is 11.0. The number of ether oxygens (including phenoxy) is 7. The van der Waals surface area contributed by atoms with E-state index in [4.69, 9.17) is 33.2 Å². The van der Waals surface area contributed by atoms with Crippen molar-refractivity contribution in [1.29, 1.82) is 0 Å². The summed E-state index contributed by atoms with van der Waals surface area (Å²) in [6.07, 6.45) is 0. The molecule has 2 aliphatic heterocycles. The van der Waals surface area contributed by atoms with E-state index in [9.17, 15) is 43.5 Å². The van der Waals surface area contributed by atoms with Gasteiger partial charge in [-0.05, 0) is 54.2 Å². The van der Waals surface area contributed by atoms with Crippen LogP contribution in [-0.2, 0) is 111 Å². The minimum Gasteiger partial charge on any atom is -0.480 e. The largest absolute Gasteiger partial charge is 0.480 e. The Kier molecular flexibility index (Phi) is 35.2. The van der Waals surface area contributed by atoms with Crippen molar-refractivity contribution in [1.82, 2.24) is 39.2 Å². The van der Waals surface area contributed by atoms with Crippen LogP contribution in [-0.4, -0.2) is 255 Å².